The molecule has 0 atom stereocenters. The van der Waals surface area contributed by atoms with Gasteiger partial charge in [0, 0.05) is 138 Å². The van der Waals surface area contributed by atoms with E-state index in [9.17, 15) is 14.4 Å². The molecule has 27 nitrogen and oxygen atoms in total. The highest BCUT2D eigenvalue weighted by molar-refractivity contribution is 6.05. The molecule has 0 aliphatic heterocycles. The van der Waals surface area contributed by atoms with Crippen molar-refractivity contribution in [1.82, 2.24) is 89.6 Å². The second-order valence-corrected chi connectivity index (χ2v) is 22.7. The largest absolute Gasteiger partial charge is 0.355 e. The number of carbonyl (C=O) groups is 3. The lowest BCUT2D eigenvalue weighted by Crippen LogP contribution is -2.17. The van der Waals surface area contributed by atoms with Crippen molar-refractivity contribution in [2.75, 3.05) is 31.9 Å². The highest BCUT2D eigenvalue weighted by atomic mass is 16.2. The monoisotopic (exact) mass is 1310 g/mol. The minimum Gasteiger partial charge on any atom is -0.355 e. The predicted molar refractivity (Wildman–Crippen MR) is 388 cm³/mol. The summed E-state index contributed by atoms with van der Waals surface area (Å²) in [6, 6.07) is 44.2. The van der Waals surface area contributed by atoms with Crippen LogP contribution in [-0.4, -0.2) is 107 Å². The summed E-state index contributed by atoms with van der Waals surface area (Å²) in [5.74, 6) is 2.02. The summed E-state index contributed by atoms with van der Waals surface area (Å²) in [7, 11) is 3.54. The molecule has 0 aliphatic rings. The van der Waals surface area contributed by atoms with Gasteiger partial charge in [-0.15, -0.1) is 0 Å². The van der Waals surface area contributed by atoms with Gasteiger partial charge in [0.15, 0.2) is 5.82 Å². The highest BCUT2D eigenvalue weighted by Crippen LogP contribution is 2.30. The van der Waals surface area contributed by atoms with E-state index in [0.29, 0.717) is 40.8 Å². The van der Waals surface area contributed by atoms with Crippen molar-refractivity contribution in [2.24, 2.45) is 14.1 Å². The molecule has 15 aromatic rings. The fourth-order valence-electron chi connectivity index (χ4n) is 10.8. The number of amides is 3. The van der Waals surface area contributed by atoms with Gasteiger partial charge in [0.05, 0.1) is 45.0 Å². The molecule has 0 unspecified atom stereocenters. The van der Waals surface area contributed by atoms with Crippen LogP contribution in [0.5, 0.6) is 0 Å². The van der Waals surface area contributed by atoms with Gasteiger partial charge in [-0.05, 0) is 179 Å². The number of fused-ring (bicyclic) bond motifs is 3. The molecule has 0 aliphatic carbocycles. The number of aromatic amines is 6. The molecule has 99 heavy (non-hydrogen) atoms. The second-order valence-electron chi connectivity index (χ2n) is 22.7. The van der Waals surface area contributed by atoms with Crippen LogP contribution in [0.15, 0.2) is 189 Å². The number of hydrogen-bond donors (Lipinski definition) is 12. The lowest BCUT2D eigenvalue weighted by atomic mass is 10.1. The Kier molecular flexibility index (Phi) is 18.8. The third-order valence-corrected chi connectivity index (χ3v) is 15.5. The number of anilines is 9. The van der Waals surface area contributed by atoms with Gasteiger partial charge < -0.3 is 51.4 Å². The van der Waals surface area contributed by atoms with Crippen molar-refractivity contribution in [3.05, 3.63) is 252 Å². The molecule has 0 spiro atoms. The lowest BCUT2D eigenvalue weighted by molar-refractivity contribution is 0.100. The van der Waals surface area contributed by atoms with E-state index >= 15 is 0 Å². The average Bonchev–Trinajstić information content (AvgIpc) is 1.73. The van der Waals surface area contributed by atoms with Gasteiger partial charge in [-0.25, -0.2) is 19.9 Å². The van der Waals surface area contributed by atoms with Crippen molar-refractivity contribution in [3.63, 3.8) is 0 Å². The lowest BCUT2D eigenvalue weighted by Gasteiger charge is -2.10. The number of nitrogens with zero attached hydrogens (tertiary/aromatic N) is 12. The number of rotatable bonds is 19. The number of hydrogen-bond acceptors (Lipinski definition) is 15. The zero-order valence-corrected chi connectivity index (χ0v) is 54.2. The number of H-pyrrole nitrogens is 6. The van der Waals surface area contributed by atoms with Gasteiger partial charge in [-0.2, -0.15) is 25.5 Å². The Morgan fingerprint density at radius 2 is 0.808 bits per heavy atom. The van der Waals surface area contributed by atoms with Crippen molar-refractivity contribution in [2.45, 2.75) is 27.3 Å². The molecule has 0 bridgehead atoms. The molecule has 0 radical (unpaired) electrons. The molecule has 0 saturated heterocycles. The minimum atomic E-state index is -0.260. The number of aromatic nitrogens is 18. The molecule has 6 aromatic carbocycles. The van der Waals surface area contributed by atoms with Gasteiger partial charge in [-0.3, -0.25) is 39.0 Å². The molecule has 492 valence electrons. The Labute approximate surface area is 565 Å². The number of aryl methyl sites for hydroxylation is 5. The van der Waals surface area contributed by atoms with Crippen LogP contribution in [0, 0.1) is 13.8 Å². The summed E-state index contributed by atoms with van der Waals surface area (Å²) >= 11 is 0. The standard InChI is InChI=1S/C25H24N8O.C24H22N8O.C23H20N8O/c1-3-33-23(13-16(2)32-33)25(34)29-18-6-4-5-17(14-18)28-19-7-8-20-21(30-31-22(20)15-19)9-10-24-26-11-12-27-24;1-15-12-22(32(2)31-15)24(33)28-17-5-3-4-16(13-17)27-18-6-7-19-20(29-30-21(19)14-18)8-9-23-25-10-11-26-23;1-31-12-11-26-22(31)23(32)28-16-4-2-3-15(13-16)27-17-5-6-18-19(29-30-20(18)14-17)7-8-21-24-9-10-25-21/h4-15,28H,3H2,1-2H3,(H,26,27)(H,29,34)(H,30,31);3-14,27H,1-2H3,(H,25,26)(H,28,33)(H,29,30);2-14,27H,1H3,(H,24,25)(H,28,32)(H,29,30)/b10-9+;9-8+;8-7+. The first-order valence-corrected chi connectivity index (χ1v) is 31.3. The quantitative estimate of drug-likeness (QED) is 0.0358. The van der Waals surface area contributed by atoms with E-state index < -0.39 is 0 Å². The summed E-state index contributed by atoms with van der Waals surface area (Å²) in [6.07, 6.45) is 25.2. The maximum absolute atomic E-state index is 12.7. The maximum Gasteiger partial charge on any atom is 0.291 e. The number of imidazole rings is 4. The number of benzene rings is 6. The van der Waals surface area contributed by atoms with Crippen LogP contribution in [0.2, 0.25) is 0 Å². The summed E-state index contributed by atoms with van der Waals surface area (Å²) in [4.78, 5) is 63.5. The summed E-state index contributed by atoms with van der Waals surface area (Å²) in [6.45, 7) is 6.33. The normalized spacial score (nSPS) is 11.3. The summed E-state index contributed by atoms with van der Waals surface area (Å²) in [5.41, 5.74) is 15.2. The Morgan fingerprint density at radius 1 is 0.424 bits per heavy atom. The van der Waals surface area contributed by atoms with Gasteiger partial charge in [0.2, 0.25) is 0 Å². The van der Waals surface area contributed by atoms with Gasteiger partial charge >= 0.3 is 0 Å². The number of nitrogens with one attached hydrogen (secondary N) is 12. The first kappa shape index (κ1) is 63.8. The Balaban J connectivity index is 0.000000133. The highest BCUT2D eigenvalue weighted by Gasteiger charge is 2.17. The molecule has 0 fully saturated rings. The molecule has 0 saturated carbocycles. The fourth-order valence-corrected chi connectivity index (χ4v) is 10.8. The van der Waals surface area contributed by atoms with Crippen LogP contribution in [0.4, 0.5) is 51.2 Å². The molecule has 12 N–H and O–H groups in total. The van der Waals surface area contributed by atoms with E-state index in [-0.39, 0.29) is 17.7 Å². The molecular formula is C72H66N24O3. The van der Waals surface area contributed by atoms with E-state index in [1.165, 1.54) is 0 Å². The number of carbonyl (C=O) groups excluding carboxylic acids is 3. The topological polar surface area (TPSA) is 349 Å². The van der Waals surface area contributed by atoms with Gasteiger partial charge in [0.1, 0.15) is 28.9 Å². The smallest absolute Gasteiger partial charge is 0.291 e. The van der Waals surface area contributed by atoms with Crippen molar-refractivity contribution in [3.8, 4) is 0 Å². The van der Waals surface area contributed by atoms with Gasteiger partial charge in [-0.1, -0.05) is 18.2 Å². The molecular weight excluding hydrogens is 1250 g/mol. The maximum atomic E-state index is 12.7. The molecule has 9 aromatic heterocycles. The van der Waals surface area contributed by atoms with E-state index in [0.717, 1.165) is 113 Å². The predicted octanol–water partition coefficient (Wildman–Crippen LogP) is 13.7. The van der Waals surface area contributed by atoms with E-state index in [2.05, 4.69) is 108 Å². The first-order valence-electron chi connectivity index (χ1n) is 31.3. The summed E-state index contributed by atoms with van der Waals surface area (Å²) in [5, 5.41) is 52.9. The molecule has 9 heterocycles. The fraction of sp³-hybridized carbons (Fsp3) is 0.0833. The minimum absolute atomic E-state index is 0.186. The van der Waals surface area contributed by atoms with E-state index in [4.69, 9.17) is 0 Å². The van der Waals surface area contributed by atoms with Crippen LogP contribution in [0.25, 0.3) is 69.2 Å². The molecule has 27 heteroatoms. The third-order valence-electron chi connectivity index (χ3n) is 15.5. The Hall–Kier alpha value is -14.0. The van der Waals surface area contributed by atoms with Crippen molar-refractivity contribution >= 4 is 138 Å². The van der Waals surface area contributed by atoms with Crippen LogP contribution < -0.4 is 31.9 Å². The van der Waals surface area contributed by atoms with Crippen molar-refractivity contribution in [1.29, 1.82) is 0 Å². The molecule has 15 rings (SSSR count). The van der Waals surface area contributed by atoms with Crippen LogP contribution in [-0.2, 0) is 20.6 Å². The third kappa shape index (κ3) is 15.7. The zero-order chi connectivity index (χ0) is 68.2. The van der Waals surface area contributed by atoms with E-state index in [1.54, 1.807) is 89.7 Å². The van der Waals surface area contributed by atoms with Crippen LogP contribution in [0.1, 0.15) is 84.5 Å². The Morgan fingerprint density at radius 3 is 1.18 bits per heavy atom. The van der Waals surface area contributed by atoms with Gasteiger partial charge in [0.25, 0.3) is 17.7 Å². The first-order chi connectivity index (χ1) is 48.3. The average molecular weight is 1320 g/mol. The van der Waals surface area contributed by atoms with E-state index in [1.807, 2.05) is 185 Å². The van der Waals surface area contributed by atoms with Crippen LogP contribution >= 0.6 is 0 Å². The summed E-state index contributed by atoms with van der Waals surface area (Å²) < 4.78 is 4.95. The molecule has 3 amide bonds. The van der Waals surface area contributed by atoms with Crippen LogP contribution in [0.3, 0.4) is 0 Å². The van der Waals surface area contributed by atoms with Crippen molar-refractivity contribution < 1.29 is 14.4 Å². The Bertz CT molecular complexity index is 5410. The zero-order valence-electron chi connectivity index (χ0n) is 54.2. The second kappa shape index (κ2) is 29.1. The SMILES string of the molecule is CCn1nc(C)cc1C(=O)Nc1cccc(Nc2ccc3c(/C=C/c4ncc[nH]4)n[nH]c3c2)c1.Cc1cc(C(=O)Nc2cccc(Nc3ccc4c(/C=C/c5ncc[nH]5)n[nH]c4c3)c2)n(C)n1.Cn1ccnc1C(=O)Nc1cccc(Nc2ccc3c(/C=C/c4ncc[nH]4)n[nH]c3c2)c1.